The topological polar surface area (TPSA) is 33.0 Å². The third-order valence-electron chi connectivity index (χ3n) is 2.28. The molecule has 0 aliphatic heterocycles. The van der Waals surface area contributed by atoms with Gasteiger partial charge in [0.15, 0.2) is 0 Å². The molecule has 2 heteroatoms. The molecule has 2 aromatic carbocycles. The molecule has 0 N–H and O–H groups in total. The van der Waals surface area contributed by atoms with Crippen LogP contribution in [0.1, 0.15) is 8.30 Å². The number of rotatable bonds is 2. The first-order valence-electron chi connectivity index (χ1n) is 5.57. The van der Waals surface area contributed by atoms with E-state index in [4.69, 9.17) is 12.7 Å². The standard InChI is InChI=1S/C13H11NO/c1-15-12-6-5-10-3-2-4-11(7-8-14)13(10)9-12/h2-6,9H,7H2,1H3/i7D2. The van der Waals surface area contributed by atoms with Gasteiger partial charge in [0.25, 0.3) is 0 Å². The van der Waals surface area contributed by atoms with Gasteiger partial charge in [-0.25, -0.2) is 0 Å². The number of benzene rings is 2. The second-order valence-electron chi connectivity index (χ2n) is 3.13. The average molecular weight is 199 g/mol. The van der Waals surface area contributed by atoms with Crippen LogP contribution in [0.15, 0.2) is 36.4 Å². The van der Waals surface area contributed by atoms with E-state index in [0.29, 0.717) is 16.7 Å². The maximum absolute atomic E-state index is 8.88. The van der Waals surface area contributed by atoms with Crippen LogP contribution in [-0.4, -0.2) is 7.11 Å². The van der Waals surface area contributed by atoms with Gasteiger partial charge >= 0.3 is 0 Å². The summed E-state index contributed by atoms with van der Waals surface area (Å²) in [5.74, 6) is 0.652. The largest absolute Gasteiger partial charge is 0.497 e. The van der Waals surface area contributed by atoms with E-state index in [2.05, 4.69) is 0 Å². The van der Waals surface area contributed by atoms with Crippen molar-refractivity contribution in [1.82, 2.24) is 0 Å². The minimum Gasteiger partial charge on any atom is -0.497 e. The number of nitrogens with zero attached hydrogens (tertiary/aromatic N) is 1. The van der Waals surface area contributed by atoms with Crippen molar-refractivity contribution in [1.29, 1.82) is 5.26 Å². The highest BCUT2D eigenvalue weighted by atomic mass is 16.5. The molecule has 0 aliphatic rings. The van der Waals surface area contributed by atoms with Crippen molar-refractivity contribution < 1.29 is 7.48 Å². The van der Waals surface area contributed by atoms with Crippen molar-refractivity contribution in [3.63, 3.8) is 0 Å². The molecule has 2 rings (SSSR count). The third kappa shape index (κ3) is 1.77. The van der Waals surface area contributed by atoms with Gasteiger partial charge in [0.1, 0.15) is 5.75 Å². The summed E-state index contributed by atoms with van der Waals surface area (Å²) in [6, 6.07) is 12.4. The summed E-state index contributed by atoms with van der Waals surface area (Å²) in [6.07, 6.45) is -1.99. The van der Waals surface area contributed by atoms with E-state index in [-0.39, 0.29) is 0 Å². The monoisotopic (exact) mass is 199 g/mol. The average Bonchev–Trinajstić information content (AvgIpc) is 2.37. The second-order valence-corrected chi connectivity index (χ2v) is 3.13. The van der Waals surface area contributed by atoms with Gasteiger partial charge < -0.3 is 4.74 Å². The van der Waals surface area contributed by atoms with E-state index in [1.54, 1.807) is 31.4 Å². The molecule has 0 radical (unpaired) electrons. The van der Waals surface area contributed by atoms with Crippen molar-refractivity contribution in [2.75, 3.05) is 7.11 Å². The van der Waals surface area contributed by atoms with Crippen LogP contribution in [0.4, 0.5) is 0 Å². The number of fused-ring (bicyclic) bond motifs is 1. The number of methoxy groups -OCH3 is 1. The lowest BCUT2D eigenvalue weighted by atomic mass is 10.0. The van der Waals surface area contributed by atoms with E-state index >= 15 is 0 Å². The van der Waals surface area contributed by atoms with Gasteiger partial charge in [0, 0.05) is 2.74 Å². The molecule has 0 unspecified atom stereocenters. The molecule has 0 fully saturated rings. The fraction of sp³-hybridized carbons (Fsp3) is 0.154. The molecular weight excluding hydrogens is 186 g/mol. The first-order valence-corrected chi connectivity index (χ1v) is 4.57. The summed E-state index contributed by atoms with van der Waals surface area (Å²) < 4.78 is 20.5. The van der Waals surface area contributed by atoms with E-state index in [0.717, 1.165) is 5.39 Å². The van der Waals surface area contributed by atoms with Crippen molar-refractivity contribution in [2.45, 2.75) is 6.37 Å². The van der Waals surface area contributed by atoms with Gasteiger partial charge in [-0.1, -0.05) is 24.3 Å². The molecule has 0 atom stereocenters. The van der Waals surface area contributed by atoms with Crippen LogP contribution < -0.4 is 4.74 Å². The predicted octanol–water partition coefficient (Wildman–Crippen LogP) is 2.91. The quantitative estimate of drug-likeness (QED) is 0.745. The molecular formula is C13H11NO. The van der Waals surface area contributed by atoms with E-state index in [1.807, 2.05) is 18.2 Å². The Bertz CT molecular complexity index is 602. The van der Waals surface area contributed by atoms with Crippen LogP contribution in [0.3, 0.4) is 0 Å². The van der Waals surface area contributed by atoms with Gasteiger partial charge in [-0.3, -0.25) is 0 Å². The van der Waals surface area contributed by atoms with Crippen molar-refractivity contribution in [2.24, 2.45) is 0 Å². The number of nitriles is 1. The van der Waals surface area contributed by atoms with Gasteiger partial charge in [0.2, 0.25) is 0 Å². The summed E-state index contributed by atoms with van der Waals surface area (Å²) in [6.45, 7) is 0. The normalized spacial score (nSPS) is 12.8. The summed E-state index contributed by atoms with van der Waals surface area (Å²) in [7, 11) is 1.56. The first kappa shape index (κ1) is 7.30. The molecule has 0 bridgehead atoms. The maximum Gasteiger partial charge on any atom is 0.119 e. The Morgan fingerprint density at radius 2 is 2.27 bits per heavy atom. The summed E-state index contributed by atoms with van der Waals surface area (Å²) in [4.78, 5) is 0. The predicted molar refractivity (Wildman–Crippen MR) is 59.8 cm³/mol. The zero-order chi connectivity index (χ0) is 12.5. The van der Waals surface area contributed by atoms with Crippen LogP contribution in [0.5, 0.6) is 5.75 Å². The molecule has 0 saturated carbocycles. The van der Waals surface area contributed by atoms with Crippen LogP contribution in [0.2, 0.25) is 0 Å². The number of ether oxygens (including phenoxy) is 1. The van der Waals surface area contributed by atoms with Crippen LogP contribution in [0, 0.1) is 11.3 Å². The Labute approximate surface area is 91.5 Å². The Morgan fingerprint density at radius 3 is 3.00 bits per heavy atom. The minimum absolute atomic E-state index is 0.372. The Balaban J connectivity index is 2.76. The zero-order valence-electron chi connectivity index (χ0n) is 10.3. The summed E-state index contributed by atoms with van der Waals surface area (Å²) in [5.41, 5.74) is 0.372. The molecule has 2 aromatic rings. The third-order valence-corrected chi connectivity index (χ3v) is 2.28. The smallest absolute Gasteiger partial charge is 0.119 e. The molecule has 0 saturated heterocycles. The Hall–Kier alpha value is -2.01. The Morgan fingerprint density at radius 1 is 1.40 bits per heavy atom. The first-order chi connectivity index (χ1) is 8.08. The zero-order valence-corrected chi connectivity index (χ0v) is 8.32. The fourth-order valence-electron chi connectivity index (χ4n) is 1.55. The molecule has 2 nitrogen and oxygen atoms in total. The van der Waals surface area contributed by atoms with Gasteiger partial charge in [-0.2, -0.15) is 5.26 Å². The minimum atomic E-state index is -1.99. The van der Waals surface area contributed by atoms with E-state index in [9.17, 15) is 0 Å². The van der Waals surface area contributed by atoms with Crippen LogP contribution in [0.25, 0.3) is 10.8 Å². The Kier molecular flexibility index (Phi) is 1.96. The highest BCUT2D eigenvalue weighted by Gasteiger charge is 2.01. The van der Waals surface area contributed by atoms with Crippen LogP contribution >= 0.6 is 0 Å². The highest BCUT2D eigenvalue weighted by molar-refractivity contribution is 5.87. The lowest BCUT2D eigenvalue weighted by Gasteiger charge is -2.05. The highest BCUT2D eigenvalue weighted by Crippen LogP contribution is 2.24. The van der Waals surface area contributed by atoms with Gasteiger partial charge in [-0.15, -0.1) is 0 Å². The van der Waals surface area contributed by atoms with Crippen molar-refractivity contribution in [3.05, 3.63) is 42.0 Å². The molecule has 0 aromatic heterocycles. The van der Waals surface area contributed by atoms with Crippen LogP contribution in [-0.2, 0) is 6.37 Å². The molecule has 0 aliphatic carbocycles. The van der Waals surface area contributed by atoms with Gasteiger partial charge in [-0.05, 0) is 28.5 Å². The molecule has 0 heterocycles. The number of hydrogen-bond donors (Lipinski definition) is 0. The number of hydrogen-bond acceptors (Lipinski definition) is 2. The second kappa shape index (κ2) is 4.02. The summed E-state index contributed by atoms with van der Waals surface area (Å²) >= 11 is 0. The maximum atomic E-state index is 8.88. The fourth-order valence-corrected chi connectivity index (χ4v) is 1.55. The van der Waals surface area contributed by atoms with Crippen molar-refractivity contribution >= 4 is 10.8 Å². The SMILES string of the molecule is [2H]C([2H])(C#N)c1cccc2ccc(OC)cc12. The molecule has 15 heavy (non-hydrogen) atoms. The lowest BCUT2D eigenvalue weighted by Crippen LogP contribution is -1.87. The lowest BCUT2D eigenvalue weighted by molar-refractivity contribution is 0.415. The van der Waals surface area contributed by atoms with Crippen molar-refractivity contribution in [3.8, 4) is 11.8 Å². The molecule has 0 spiro atoms. The molecule has 74 valence electrons. The van der Waals surface area contributed by atoms with E-state index in [1.165, 1.54) is 0 Å². The van der Waals surface area contributed by atoms with E-state index < -0.39 is 6.37 Å². The molecule has 0 amide bonds. The summed E-state index contributed by atoms with van der Waals surface area (Å²) in [5, 5.41) is 10.5. The van der Waals surface area contributed by atoms with Gasteiger partial charge in [0.05, 0.1) is 19.6 Å².